The summed E-state index contributed by atoms with van der Waals surface area (Å²) in [5, 5.41) is 8.69. The lowest BCUT2D eigenvalue weighted by molar-refractivity contribution is 0.266. The third-order valence-corrected chi connectivity index (χ3v) is 3.55. The van der Waals surface area contributed by atoms with Crippen LogP contribution in [0.5, 0.6) is 5.75 Å². The molecule has 0 bridgehead atoms. The van der Waals surface area contributed by atoms with Crippen LogP contribution < -0.4 is 10.5 Å². The third-order valence-electron chi connectivity index (χ3n) is 3.55. The molecule has 1 aromatic rings. The van der Waals surface area contributed by atoms with Crippen LogP contribution in [0.25, 0.3) is 0 Å². The van der Waals surface area contributed by atoms with Gasteiger partial charge < -0.3 is 15.6 Å². The number of aryl methyl sites for hydroxylation is 1. The van der Waals surface area contributed by atoms with Crippen molar-refractivity contribution in [1.29, 1.82) is 0 Å². The van der Waals surface area contributed by atoms with Crippen molar-refractivity contribution in [2.45, 2.75) is 44.6 Å². The quantitative estimate of drug-likeness (QED) is 0.762. The lowest BCUT2D eigenvalue weighted by atomic mass is 9.88. The van der Waals surface area contributed by atoms with Crippen LogP contribution in [0.2, 0.25) is 0 Å². The normalized spacial score (nSPS) is 18.4. The first-order chi connectivity index (χ1) is 8.81. The largest absolute Gasteiger partial charge is 0.494 e. The van der Waals surface area contributed by atoms with E-state index in [0.717, 1.165) is 37.9 Å². The molecule has 1 unspecified atom stereocenters. The van der Waals surface area contributed by atoms with Crippen LogP contribution in [0.15, 0.2) is 18.2 Å². The van der Waals surface area contributed by atoms with E-state index >= 15 is 0 Å². The first-order valence-corrected chi connectivity index (χ1v) is 6.93. The molecule has 0 aliphatic heterocycles. The first-order valence-electron chi connectivity index (χ1n) is 6.93. The van der Waals surface area contributed by atoms with Gasteiger partial charge in [0.2, 0.25) is 0 Å². The van der Waals surface area contributed by atoms with Gasteiger partial charge in [0.15, 0.2) is 0 Å². The first kappa shape index (κ1) is 13.4. The molecule has 1 aliphatic carbocycles. The summed E-state index contributed by atoms with van der Waals surface area (Å²) in [6.07, 6.45) is 6.27. The number of ether oxygens (including phenoxy) is 1. The van der Waals surface area contributed by atoms with Crippen molar-refractivity contribution >= 4 is 0 Å². The van der Waals surface area contributed by atoms with Gasteiger partial charge in [0.25, 0.3) is 0 Å². The fourth-order valence-corrected chi connectivity index (χ4v) is 2.48. The summed E-state index contributed by atoms with van der Waals surface area (Å²) in [5.41, 5.74) is 8.76. The smallest absolute Gasteiger partial charge is 0.119 e. The van der Waals surface area contributed by atoms with E-state index in [1.165, 1.54) is 17.5 Å². The predicted molar refractivity (Wildman–Crippen MR) is 72.7 cm³/mol. The van der Waals surface area contributed by atoms with Crippen molar-refractivity contribution in [3.63, 3.8) is 0 Å². The summed E-state index contributed by atoms with van der Waals surface area (Å²) in [6.45, 7) is 0.988. The number of rotatable bonds is 6. The van der Waals surface area contributed by atoms with Crippen molar-refractivity contribution < 1.29 is 9.84 Å². The second kappa shape index (κ2) is 6.76. The Bertz CT molecular complexity index is 379. The van der Waals surface area contributed by atoms with Gasteiger partial charge in [-0.15, -0.1) is 0 Å². The minimum Gasteiger partial charge on any atom is -0.494 e. The monoisotopic (exact) mass is 249 g/mol. The molecule has 0 amide bonds. The van der Waals surface area contributed by atoms with Gasteiger partial charge in [0.05, 0.1) is 6.61 Å². The van der Waals surface area contributed by atoms with Gasteiger partial charge in [-0.1, -0.05) is 6.07 Å². The van der Waals surface area contributed by atoms with Crippen molar-refractivity contribution in [1.82, 2.24) is 0 Å². The lowest BCUT2D eigenvalue weighted by Crippen LogP contribution is -2.17. The highest BCUT2D eigenvalue weighted by molar-refractivity contribution is 5.39. The molecule has 0 saturated heterocycles. The Balaban J connectivity index is 1.88. The molecule has 0 saturated carbocycles. The van der Waals surface area contributed by atoms with Gasteiger partial charge in [-0.3, -0.25) is 0 Å². The molecule has 2 rings (SSSR count). The molecule has 1 aliphatic rings. The Kier molecular flexibility index (Phi) is 5.02. The highest BCUT2D eigenvalue weighted by atomic mass is 16.5. The van der Waals surface area contributed by atoms with E-state index in [1.807, 2.05) is 6.07 Å². The Labute approximate surface area is 109 Å². The molecule has 3 nitrogen and oxygen atoms in total. The standard InChI is InChI=1S/C15H23NO2/c16-15-6-4-5-12-7-8-13(11-14(12)15)18-10-3-1-2-9-17/h7-8,11,15,17H,1-6,9-10,16H2. The molecule has 0 spiro atoms. The van der Waals surface area contributed by atoms with E-state index in [0.29, 0.717) is 6.61 Å². The molecule has 18 heavy (non-hydrogen) atoms. The Morgan fingerprint density at radius 1 is 1.28 bits per heavy atom. The van der Waals surface area contributed by atoms with Crippen LogP contribution in [0.1, 0.15) is 49.3 Å². The molecule has 0 aromatic heterocycles. The van der Waals surface area contributed by atoms with E-state index in [9.17, 15) is 0 Å². The van der Waals surface area contributed by atoms with Gasteiger partial charge in [-0.05, 0) is 61.8 Å². The molecule has 1 atom stereocenters. The number of aliphatic hydroxyl groups is 1. The summed E-state index contributed by atoms with van der Waals surface area (Å²) in [7, 11) is 0. The maximum absolute atomic E-state index is 8.69. The Hall–Kier alpha value is -1.06. The van der Waals surface area contributed by atoms with Gasteiger partial charge in [-0.2, -0.15) is 0 Å². The minimum atomic E-state index is 0.173. The van der Waals surface area contributed by atoms with Crippen LogP contribution in [-0.4, -0.2) is 18.3 Å². The molecule has 100 valence electrons. The number of aliphatic hydroxyl groups excluding tert-OH is 1. The van der Waals surface area contributed by atoms with Gasteiger partial charge in [0, 0.05) is 12.6 Å². The van der Waals surface area contributed by atoms with Crippen LogP contribution in [0.3, 0.4) is 0 Å². The van der Waals surface area contributed by atoms with Crippen LogP contribution >= 0.6 is 0 Å². The van der Waals surface area contributed by atoms with Gasteiger partial charge >= 0.3 is 0 Å². The van der Waals surface area contributed by atoms with Crippen LogP contribution in [-0.2, 0) is 6.42 Å². The highest BCUT2D eigenvalue weighted by Crippen LogP contribution is 2.30. The van der Waals surface area contributed by atoms with E-state index in [2.05, 4.69) is 12.1 Å². The molecule has 0 radical (unpaired) electrons. The van der Waals surface area contributed by atoms with Gasteiger partial charge in [0.1, 0.15) is 5.75 Å². The zero-order valence-electron chi connectivity index (χ0n) is 10.9. The molecular weight excluding hydrogens is 226 g/mol. The summed E-state index contributed by atoms with van der Waals surface area (Å²) in [5.74, 6) is 0.926. The van der Waals surface area contributed by atoms with E-state index in [4.69, 9.17) is 15.6 Å². The van der Waals surface area contributed by atoms with Crippen molar-refractivity contribution in [2.75, 3.05) is 13.2 Å². The zero-order chi connectivity index (χ0) is 12.8. The molecule has 1 aromatic carbocycles. The summed E-state index contributed by atoms with van der Waals surface area (Å²) < 4.78 is 5.73. The fourth-order valence-electron chi connectivity index (χ4n) is 2.48. The third kappa shape index (κ3) is 3.47. The van der Waals surface area contributed by atoms with E-state index in [-0.39, 0.29) is 12.6 Å². The number of fused-ring (bicyclic) bond motifs is 1. The van der Waals surface area contributed by atoms with Crippen molar-refractivity contribution in [3.05, 3.63) is 29.3 Å². The Morgan fingerprint density at radius 3 is 3.00 bits per heavy atom. The topological polar surface area (TPSA) is 55.5 Å². The van der Waals surface area contributed by atoms with E-state index in [1.54, 1.807) is 0 Å². The van der Waals surface area contributed by atoms with E-state index < -0.39 is 0 Å². The maximum atomic E-state index is 8.69. The number of hydrogen-bond acceptors (Lipinski definition) is 3. The van der Waals surface area contributed by atoms with Crippen LogP contribution in [0, 0.1) is 0 Å². The molecule has 0 fully saturated rings. The lowest BCUT2D eigenvalue weighted by Gasteiger charge is -2.22. The average molecular weight is 249 g/mol. The fraction of sp³-hybridized carbons (Fsp3) is 0.600. The minimum absolute atomic E-state index is 0.173. The Morgan fingerprint density at radius 2 is 2.17 bits per heavy atom. The number of hydrogen-bond donors (Lipinski definition) is 2. The highest BCUT2D eigenvalue weighted by Gasteiger charge is 2.17. The zero-order valence-corrected chi connectivity index (χ0v) is 10.9. The predicted octanol–water partition coefficient (Wildman–Crippen LogP) is 2.56. The van der Waals surface area contributed by atoms with Crippen LogP contribution in [0.4, 0.5) is 0 Å². The number of nitrogens with two attached hydrogens (primary N) is 1. The average Bonchev–Trinajstić information content (AvgIpc) is 2.39. The SMILES string of the molecule is NC1CCCc2ccc(OCCCCCO)cc21. The second-order valence-electron chi connectivity index (χ2n) is 4.99. The molecule has 0 heterocycles. The molecule has 3 heteroatoms. The summed E-state index contributed by atoms with van der Waals surface area (Å²) in [4.78, 5) is 0. The number of benzene rings is 1. The summed E-state index contributed by atoms with van der Waals surface area (Å²) >= 11 is 0. The van der Waals surface area contributed by atoms with Gasteiger partial charge in [-0.25, -0.2) is 0 Å². The number of unbranched alkanes of at least 4 members (excludes halogenated alkanes) is 2. The molecular formula is C15H23NO2. The maximum Gasteiger partial charge on any atom is 0.119 e. The molecule has 3 N–H and O–H groups in total. The van der Waals surface area contributed by atoms with Crippen molar-refractivity contribution in [2.24, 2.45) is 5.73 Å². The summed E-state index contributed by atoms with van der Waals surface area (Å²) in [6, 6.07) is 6.47. The second-order valence-corrected chi connectivity index (χ2v) is 4.99. The van der Waals surface area contributed by atoms with Crippen molar-refractivity contribution in [3.8, 4) is 5.75 Å².